The molecule has 22 heavy (non-hydrogen) atoms. The molecule has 2 amide bonds. The van der Waals surface area contributed by atoms with E-state index in [0.717, 1.165) is 12.1 Å². The first-order valence-electron chi connectivity index (χ1n) is 8.24. The lowest BCUT2D eigenvalue weighted by molar-refractivity contribution is -0.135. The van der Waals surface area contributed by atoms with Crippen LogP contribution in [0.3, 0.4) is 0 Å². The van der Waals surface area contributed by atoms with Crippen molar-refractivity contribution in [3.63, 3.8) is 0 Å². The van der Waals surface area contributed by atoms with Gasteiger partial charge in [0.05, 0.1) is 0 Å². The predicted molar refractivity (Wildman–Crippen MR) is 82.5 cm³/mol. The molecule has 0 spiro atoms. The van der Waals surface area contributed by atoms with Gasteiger partial charge in [-0.25, -0.2) is 0 Å². The molecule has 0 bridgehead atoms. The fraction of sp³-hybridized carbons (Fsp3) is 0.688. The first-order valence-corrected chi connectivity index (χ1v) is 8.24. The fourth-order valence-corrected chi connectivity index (χ4v) is 3.08. The van der Waals surface area contributed by atoms with Crippen molar-refractivity contribution in [1.82, 2.24) is 20.0 Å². The van der Waals surface area contributed by atoms with Gasteiger partial charge in [0.25, 0.3) is 5.91 Å². The smallest absolute Gasteiger partial charge is 0.274 e. The highest BCUT2D eigenvalue weighted by Crippen LogP contribution is 2.39. The molecule has 1 aromatic rings. The Hall–Kier alpha value is -1.85. The number of piperazine rings is 1. The average Bonchev–Trinajstić information content (AvgIpc) is 3.24. The number of amides is 2. The van der Waals surface area contributed by atoms with Gasteiger partial charge in [0.15, 0.2) is 0 Å². The van der Waals surface area contributed by atoms with Crippen LogP contribution in [0.4, 0.5) is 0 Å². The SMILES string of the molecule is CCCC(=O)N1CCN(C(=O)c2cc(C3CC3)[nH]n2)CC1C. The number of hydrogen-bond acceptors (Lipinski definition) is 3. The summed E-state index contributed by atoms with van der Waals surface area (Å²) in [5.41, 5.74) is 1.58. The van der Waals surface area contributed by atoms with Crippen LogP contribution in [0.5, 0.6) is 0 Å². The molecule has 120 valence electrons. The topological polar surface area (TPSA) is 69.3 Å². The Labute approximate surface area is 130 Å². The molecule has 1 aliphatic heterocycles. The number of carbonyl (C=O) groups excluding carboxylic acids is 2. The molecule has 6 nitrogen and oxygen atoms in total. The van der Waals surface area contributed by atoms with E-state index in [0.29, 0.717) is 37.7 Å². The highest BCUT2D eigenvalue weighted by atomic mass is 16.2. The van der Waals surface area contributed by atoms with Crippen LogP contribution in [0, 0.1) is 0 Å². The largest absolute Gasteiger partial charge is 0.336 e. The number of hydrogen-bond donors (Lipinski definition) is 1. The summed E-state index contributed by atoms with van der Waals surface area (Å²) in [6.45, 7) is 5.81. The lowest BCUT2D eigenvalue weighted by Crippen LogP contribution is -2.55. The lowest BCUT2D eigenvalue weighted by atomic mass is 10.1. The summed E-state index contributed by atoms with van der Waals surface area (Å²) >= 11 is 0. The van der Waals surface area contributed by atoms with Crippen molar-refractivity contribution in [3.8, 4) is 0 Å². The van der Waals surface area contributed by atoms with Gasteiger partial charge in [-0.15, -0.1) is 0 Å². The molecule has 2 aliphatic rings. The van der Waals surface area contributed by atoms with E-state index in [1.54, 1.807) is 0 Å². The third-order valence-electron chi connectivity index (χ3n) is 4.53. The number of carbonyl (C=O) groups is 2. The van der Waals surface area contributed by atoms with Crippen molar-refractivity contribution < 1.29 is 9.59 Å². The van der Waals surface area contributed by atoms with Crippen molar-refractivity contribution in [1.29, 1.82) is 0 Å². The minimum atomic E-state index is -0.0300. The Morgan fingerprint density at radius 2 is 2.14 bits per heavy atom. The first kappa shape index (κ1) is 15.1. The Balaban J connectivity index is 1.61. The molecule has 0 radical (unpaired) electrons. The molecule has 0 aromatic carbocycles. The molecular weight excluding hydrogens is 280 g/mol. The third kappa shape index (κ3) is 3.00. The Kier molecular flexibility index (Phi) is 4.18. The van der Waals surface area contributed by atoms with Crippen LogP contribution in [0.2, 0.25) is 0 Å². The van der Waals surface area contributed by atoms with E-state index >= 15 is 0 Å². The highest BCUT2D eigenvalue weighted by molar-refractivity contribution is 5.92. The molecule has 1 N–H and O–H groups in total. The summed E-state index contributed by atoms with van der Waals surface area (Å²) in [4.78, 5) is 28.3. The normalized spacial score (nSPS) is 22.0. The summed E-state index contributed by atoms with van der Waals surface area (Å²) in [5, 5.41) is 7.15. The molecule has 1 unspecified atom stereocenters. The zero-order chi connectivity index (χ0) is 15.7. The minimum absolute atomic E-state index is 0.0300. The molecular formula is C16H24N4O2. The summed E-state index contributed by atoms with van der Waals surface area (Å²) < 4.78 is 0. The molecule has 3 rings (SSSR count). The van der Waals surface area contributed by atoms with Gasteiger partial charge in [-0.05, 0) is 32.3 Å². The molecule has 2 fully saturated rings. The van der Waals surface area contributed by atoms with Crippen molar-refractivity contribution in [2.45, 2.75) is 51.5 Å². The monoisotopic (exact) mass is 304 g/mol. The molecule has 1 saturated heterocycles. The zero-order valence-corrected chi connectivity index (χ0v) is 13.3. The van der Waals surface area contributed by atoms with Gasteiger partial charge in [0, 0.05) is 43.7 Å². The van der Waals surface area contributed by atoms with Gasteiger partial charge in [-0.1, -0.05) is 6.92 Å². The molecule has 6 heteroatoms. The second kappa shape index (κ2) is 6.10. The summed E-state index contributed by atoms with van der Waals surface area (Å²) in [6.07, 6.45) is 3.82. The van der Waals surface area contributed by atoms with Crippen molar-refractivity contribution in [3.05, 3.63) is 17.5 Å². The Morgan fingerprint density at radius 1 is 1.36 bits per heavy atom. The zero-order valence-electron chi connectivity index (χ0n) is 13.3. The van der Waals surface area contributed by atoms with Crippen LogP contribution < -0.4 is 0 Å². The summed E-state index contributed by atoms with van der Waals surface area (Å²) in [6, 6.07) is 1.96. The van der Waals surface area contributed by atoms with Crippen molar-refractivity contribution in [2.24, 2.45) is 0 Å². The van der Waals surface area contributed by atoms with Crippen LogP contribution in [0.25, 0.3) is 0 Å². The number of H-pyrrole nitrogens is 1. The minimum Gasteiger partial charge on any atom is -0.336 e. The van der Waals surface area contributed by atoms with Gasteiger partial charge in [0.1, 0.15) is 5.69 Å². The van der Waals surface area contributed by atoms with E-state index in [1.807, 2.05) is 29.7 Å². The van der Waals surface area contributed by atoms with Crippen LogP contribution in [0.15, 0.2) is 6.07 Å². The van der Waals surface area contributed by atoms with E-state index in [9.17, 15) is 9.59 Å². The van der Waals surface area contributed by atoms with E-state index in [-0.39, 0.29) is 17.9 Å². The van der Waals surface area contributed by atoms with Crippen molar-refractivity contribution in [2.75, 3.05) is 19.6 Å². The molecule has 1 saturated carbocycles. The van der Waals surface area contributed by atoms with E-state index in [1.165, 1.54) is 12.8 Å². The molecule has 1 aromatic heterocycles. The van der Waals surface area contributed by atoms with E-state index in [4.69, 9.17) is 0 Å². The standard InChI is InChI=1S/C16H24N4O2/c1-3-4-15(21)20-8-7-19(10-11(20)2)16(22)14-9-13(17-18-14)12-5-6-12/h9,11-12H,3-8,10H2,1-2H3,(H,17,18). The number of rotatable bonds is 4. The van der Waals surface area contributed by atoms with Crippen LogP contribution in [-0.2, 0) is 4.79 Å². The quantitative estimate of drug-likeness (QED) is 0.921. The number of nitrogens with one attached hydrogen (secondary N) is 1. The first-order chi connectivity index (χ1) is 10.6. The van der Waals surface area contributed by atoms with E-state index < -0.39 is 0 Å². The maximum Gasteiger partial charge on any atom is 0.274 e. The lowest BCUT2D eigenvalue weighted by Gasteiger charge is -2.39. The maximum absolute atomic E-state index is 12.5. The van der Waals surface area contributed by atoms with Gasteiger partial charge >= 0.3 is 0 Å². The molecule has 2 heterocycles. The average molecular weight is 304 g/mol. The van der Waals surface area contributed by atoms with Crippen LogP contribution in [-0.4, -0.2) is 57.5 Å². The summed E-state index contributed by atoms with van der Waals surface area (Å²) in [5.74, 6) is 0.729. The Morgan fingerprint density at radius 3 is 2.77 bits per heavy atom. The fourth-order valence-electron chi connectivity index (χ4n) is 3.08. The number of aromatic nitrogens is 2. The van der Waals surface area contributed by atoms with Crippen LogP contribution in [0.1, 0.15) is 61.6 Å². The maximum atomic E-state index is 12.5. The Bertz CT molecular complexity index is 564. The predicted octanol–water partition coefficient (Wildman–Crippen LogP) is 1.76. The second-order valence-electron chi connectivity index (χ2n) is 6.42. The van der Waals surface area contributed by atoms with Crippen molar-refractivity contribution >= 4 is 11.8 Å². The van der Waals surface area contributed by atoms with Gasteiger partial charge in [-0.3, -0.25) is 14.7 Å². The highest BCUT2D eigenvalue weighted by Gasteiger charge is 2.32. The van der Waals surface area contributed by atoms with Gasteiger partial charge in [0.2, 0.25) is 5.91 Å². The van der Waals surface area contributed by atoms with Crippen LogP contribution >= 0.6 is 0 Å². The van der Waals surface area contributed by atoms with Gasteiger partial charge in [-0.2, -0.15) is 5.10 Å². The third-order valence-corrected chi connectivity index (χ3v) is 4.53. The van der Waals surface area contributed by atoms with E-state index in [2.05, 4.69) is 10.2 Å². The number of nitrogens with zero attached hydrogens (tertiary/aromatic N) is 3. The van der Waals surface area contributed by atoms with Gasteiger partial charge < -0.3 is 9.80 Å². The summed E-state index contributed by atoms with van der Waals surface area (Å²) in [7, 11) is 0. The number of aromatic amines is 1. The molecule has 1 aliphatic carbocycles. The molecule has 1 atom stereocenters. The second-order valence-corrected chi connectivity index (χ2v) is 6.42.